The van der Waals surface area contributed by atoms with Crippen LogP contribution in [0, 0.1) is 25.2 Å². The summed E-state index contributed by atoms with van der Waals surface area (Å²) in [5, 5.41) is 9.64. The minimum Gasteiger partial charge on any atom is -0.497 e. The quantitative estimate of drug-likeness (QED) is 0.587. The van der Waals surface area contributed by atoms with E-state index in [1.54, 1.807) is 18.1 Å². The first-order chi connectivity index (χ1) is 13.8. The van der Waals surface area contributed by atoms with Crippen molar-refractivity contribution >= 4 is 12.0 Å². The Morgan fingerprint density at radius 2 is 1.83 bits per heavy atom. The van der Waals surface area contributed by atoms with Gasteiger partial charge >= 0.3 is 0 Å². The largest absolute Gasteiger partial charge is 0.497 e. The Labute approximate surface area is 171 Å². The molecule has 1 aliphatic heterocycles. The number of carbonyl (C=O) groups excluding carboxylic acids is 1. The van der Waals surface area contributed by atoms with Crippen LogP contribution in [0.15, 0.2) is 35.9 Å². The van der Waals surface area contributed by atoms with Crippen molar-refractivity contribution in [2.45, 2.75) is 39.9 Å². The standard InChI is InChI=1S/C23H27N3O3/c1-15-10-19(18(4)26(15)21-6-8-22(28-5)9-7-21)11-20(12-24)23(27)25-13-16(2)29-17(3)14-25/h6-11,16-17H,13-14H2,1-5H3. The van der Waals surface area contributed by atoms with E-state index in [2.05, 4.69) is 10.6 Å². The van der Waals surface area contributed by atoms with Crippen LogP contribution in [0.5, 0.6) is 5.75 Å². The number of nitrogens with zero attached hydrogens (tertiary/aromatic N) is 3. The maximum atomic E-state index is 12.9. The highest BCUT2D eigenvalue weighted by atomic mass is 16.5. The topological polar surface area (TPSA) is 67.5 Å². The van der Waals surface area contributed by atoms with Gasteiger partial charge in [-0.05, 0) is 69.7 Å². The zero-order chi connectivity index (χ0) is 21.1. The van der Waals surface area contributed by atoms with Gasteiger partial charge in [-0.25, -0.2) is 0 Å². The SMILES string of the molecule is COc1ccc(-n2c(C)cc(C=C(C#N)C(=O)N3CC(C)OC(C)C3)c2C)cc1. The molecule has 2 aromatic rings. The summed E-state index contributed by atoms with van der Waals surface area (Å²) in [5.74, 6) is 0.548. The molecule has 1 aromatic carbocycles. The number of nitriles is 1. The Hall–Kier alpha value is -3.04. The summed E-state index contributed by atoms with van der Waals surface area (Å²) < 4.78 is 13.0. The molecule has 1 amide bonds. The van der Waals surface area contributed by atoms with Gasteiger partial charge in [0.2, 0.25) is 0 Å². The van der Waals surface area contributed by atoms with Gasteiger partial charge in [-0.3, -0.25) is 4.79 Å². The number of benzene rings is 1. The third kappa shape index (κ3) is 4.36. The summed E-state index contributed by atoms with van der Waals surface area (Å²) in [6.45, 7) is 8.86. The van der Waals surface area contributed by atoms with E-state index in [0.717, 1.165) is 28.4 Å². The zero-order valence-corrected chi connectivity index (χ0v) is 17.6. The van der Waals surface area contributed by atoms with Crippen LogP contribution >= 0.6 is 0 Å². The van der Waals surface area contributed by atoms with Crippen molar-refractivity contribution in [1.82, 2.24) is 9.47 Å². The van der Waals surface area contributed by atoms with Crippen LogP contribution < -0.4 is 4.74 Å². The van der Waals surface area contributed by atoms with E-state index in [-0.39, 0.29) is 23.7 Å². The number of aromatic nitrogens is 1. The van der Waals surface area contributed by atoms with Crippen molar-refractivity contribution < 1.29 is 14.3 Å². The Balaban J connectivity index is 1.92. The van der Waals surface area contributed by atoms with Crippen LogP contribution in [-0.2, 0) is 9.53 Å². The van der Waals surface area contributed by atoms with E-state index in [1.807, 2.05) is 58.0 Å². The molecule has 0 N–H and O–H groups in total. The second-order valence-corrected chi connectivity index (χ2v) is 7.50. The van der Waals surface area contributed by atoms with Gasteiger partial charge in [-0.2, -0.15) is 5.26 Å². The Kier molecular flexibility index (Phi) is 6.09. The number of methoxy groups -OCH3 is 1. The highest BCUT2D eigenvalue weighted by Crippen LogP contribution is 2.25. The van der Waals surface area contributed by atoms with Gasteiger partial charge in [-0.15, -0.1) is 0 Å². The molecule has 0 radical (unpaired) electrons. The number of carbonyl (C=O) groups is 1. The zero-order valence-electron chi connectivity index (χ0n) is 17.6. The molecule has 1 aliphatic rings. The number of hydrogen-bond acceptors (Lipinski definition) is 4. The summed E-state index contributed by atoms with van der Waals surface area (Å²) in [7, 11) is 1.64. The molecular formula is C23H27N3O3. The molecule has 6 nitrogen and oxygen atoms in total. The highest BCUT2D eigenvalue weighted by molar-refractivity contribution is 6.02. The van der Waals surface area contributed by atoms with Crippen LogP contribution in [0.1, 0.15) is 30.8 Å². The van der Waals surface area contributed by atoms with Gasteiger partial charge in [-0.1, -0.05) is 0 Å². The summed E-state index contributed by atoms with van der Waals surface area (Å²) >= 11 is 0. The average Bonchev–Trinajstić information content (AvgIpc) is 2.98. The van der Waals surface area contributed by atoms with Crippen molar-refractivity contribution in [3.05, 3.63) is 52.9 Å². The van der Waals surface area contributed by atoms with E-state index in [4.69, 9.17) is 9.47 Å². The van der Waals surface area contributed by atoms with E-state index in [1.165, 1.54) is 0 Å². The van der Waals surface area contributed by atoms with Gasteiger partial charge < -0.3 is 18.9 Å². The third-order valence-corrected chi connectivity index (χ3v) is 5.16. The smallest absolute Gasteiger partial charge is 0.264 e. The fraction of sp³-hybridized carbons (Fsp3) is 0.391. The maximum Gasteiger partial charge on any atom is 0.264 e. The first kappa shape index (κ1) is 20.7. The molecule has 2 heterocycles. The number of rotatable bonds is 4. The Bertz CT molecular complexity index is 956. The van der Waals surface area contributed by atoms with Crippen LogP contribution in [0.3, 0.4) is 0 Å². The van der Waals surface area contributed by atoms with E-state index < -0.39 is 0 Å². The predicted molar refractivity (Wildman–Crippen MR) is 112 cm³/mol. The first-order valence-corrected chi connectivity index (χ1v) is 9.74. The molecule has 2 unspecified atom stereocenters. The lowest BCUT2D eigenvalue weighted by molar-refractivity contribution is -0.138. The van der Waals surface area contributed by atoms with Crippen molar-refractivity contribution in [3.8, 4) is 17.5 Å². The van der Waals surface area contributed by atoms with Gasteiger partial charge in [0.05, 0.1) is 19.3 Å². The molecule has 2 atom stereocenters. The van der Waals surface area contributed by atoms with Crippen LogP contribution in [0.2, 0.25) is 0 Å². The van der Waals surface area contributed by atoms with Gasteiger partial charge in [0.15, 0.2) is 0 Å². The van der Waals surface area contributed by atoms with Crippen LogP contribution in [0.25, 0.3) is 11.8 Å². The third-order valence-electron chi connectivity index (χ3n) is 5.16. The molecule has 1 fully saturated rings. The van der Waals surface area contributed by atoms with Gasteiger partial charge in [0.25, 0.3) is 5.91 Å². The molecule has 0 spiro atoms. The molecule has 29 heavy (non-hydrogen) atoms. The molecule has 3 rings (SSSR count). The second kappa shape index (κ2) is 8.54. The lowest BCUT2D eigenvalue weighted by Gasteiger charge is -2.35. The number of amides is 1. The molecule has 152 valence electrons. The number of ether oxygens (including phenoxy) is 2. The van der Waals surface area contributed by atoms with Crippen LogP contribution in [-0.4, -0.2) is 47.8 Å². The second-order valence-electron chi connectivity index (χ2n) is 7.50. The molecule has 0 saturated carbocycles. The molecule has 0 bridgehead atoms. The first-order valence-electron chi connectivity index (χ1n) is 9.74. The van der Waals surface area contributed by atoms with Crippen molar-refractivity contribution in [1.29, 1.82) is 5.26 Å². The Morgan fingerprint density at radius 3 is 2.38 bits per heavy atom. The van der Waals surface area contributed by atoms with E-state index in [9.17, 15) is 10.1 Å². The predicted octanol–water partition coefficient (Wildman–Crippen LogP) is 3.65. The van der Waals surface area contributed by atoms with E-state index >= 15 is 0 Å². The van der Waals surface area contributed by atoms with Gasteiger partial charge in [0.1, 0.15) is 17.4 Å². The molecule has 0 aliphatic carbocycles. The van der Waals surface area contributed by atoms with E-state index in [0.29, 0.717) is 13.1 Å². The lowest BCUT2D eigenvalue weighted by atomic mass is 10.1. The van der Waals surface area contributed by atoms with Crippen LogP contribution in [0.4, 0.5) is 0 Å². The van der Waals surface area contributed by atoms with Crippen molar-refractivity contribution in [2.75, 3.05) is 20.2 Å². The molecule has 1 saturated heterocycles. The van der Waals surface area contributed by atoms with Crippen molar-refractivity contribution in [2.24, 2.45) is 0 Å². The summed E-state index contributed by atoms with van der Waals surface area (Å²) in [5.41, 5.74) is 3.99. The monoisotopic (exact) mass is 393 g/mol. The number of aryl methyl sites for hydroxylation is 1. The van der Waals surface area contributed by atoms with Gasteiger partial charge in [0, 0.05) is 30.2 Å². The summed E-state index contributed by atoms with van der Waals surface area (Å²) in [6, 6.07) is 11.9. The lowest BCUT2D eigenvalue weighted by Crippen LogP contribution is -2.48. The molecular weight excluding hydrogens is 366 g/mol. The summed E-state index contributed by atoms with van der Waals surface area (Å²) in [6.07, 6.45) is 1.61. The fourth-order valence-electron chi connectivity index (χ4n) is 3.87. The molecule has 6 heteroatoms. The minimum absolute atomic E-state index is 0.0391. The van der Waals surface area contributed by atoms with Crippen molar-refractivity contribution in [3.63, 3.8) is 0 Å². The number of hydrogen-bond donors (Lipinski definition) is 0. The fourth-order valence-corrected chi connectivity index (χ4v) is 3.87. The highest BCUT2D eigenvalue weighted by Gasteiger charge is 2.28. The maximum absolute atomic E-state index is 12.9. The Morgan fingerprint density at radius 1 is 1.21 bits per heavy atom. The minimum atomic E-state index is -0.247. The molecule has 1 aromatic heterocycles. The average molecular weight is 393 g/mol. The summed E-state index contributed by atoms with van der Waals surface area (Å²) in [4.78, 5) is 14.6. The number of morpholine rings is 1. The normalized spacial score (nSPS) is 19.7.